The second kappa shape index (κ2) is 10.9. The lowest BCUT2D eigenvalue weighted by Gasteiger charge is -2.13. The van der Waals surface area contributed by atoms with E-state index >= 15 is 0 Å². The van der Waals surface area contributed by atoms with Crippen LogP contribution in [0.1, 0.15) is 16.7 Å². The molecule has 0 aliphatic carbocycles. The summed E-state index contributed by atoms with van der Waals surface area (Å²) in [7, 11) is 1.58. The summed E-state index contributed by atoms with van der Waals surface area (Å²) in [4.78, 5) is 12.0. The first-order valence-electron chi connectivity index (χ1n) is 9.16. The molecule has 3 aromatic rings. The SMILES string of the molecule is COc1cc(/C=N\NC(=O)Cc2ccccc2)c(Br)cc1OCc1ccc(Br)cc1. The maximum atomic E-state index is 12.0. The highest BCUT2D eigenvalue weighted by Crippen LogP contribution is 2.33. The largest absolute Gasteiger partial charge is 0.493 e. The van der Waals surface area contributed by atoms with E-state index < -0.39 is 0 Å². The third-order valence-corrected chi connectivity index (χ3v) is 5.41. The molecule has 0 fully saturated rings. The topological polar surface area (TPSA) is 59.9 Å². The van der Waals surface area contributed by atoms with Gasteiger partial charge in [-0.3, -0.25) is 4.79 Å². The van der Waals surface area contributed by atoms with Gasteiger partial charge in [-0.05, 0) is 51.3 Å². The van der Waals surface area contributed by atoms with Crippen molar-refractivity contribution in [1.82, 2.24) is 5.43 Å². The van der Waals surface area contributed by atoms with Crippen LogP contribution in [0.4, 0.5) is 0 Å². The van der Waals surface area contributed by atoms with E-state index in [0.717, 1.165) is 25.6 Å². The minimum atomic E-state index is -0.185. The fourth-order valence-electron chi connectivity index (χ4n) is 2.66. The van der Waals surface area contributed by atoms with Gasteiger partial charge in [-0.1, -0.05) is 58.4 Å². The summed E-state index contributed by atoms with van der Waals surface area (Å²) < 4.78 is 13.2. The van der Waals surface area contributed by atoms with Crippen molar-refractivity contribution in [2.24, 2.45) is 5.10 Å². The second-order valence-corrected chi connectivity index (χ2v) is 8.17. The third kappa shape index (κ3) is 6.43. The highest BCUT2D eigenvalue weighted by molar-refractivity contribution is 9.10. The van der Waals surface area contributed by atoms with E-state index in [1.54, 1.807) is 19.4 Å². The van der Waals surface area contributed by atoms with Crippen molar-refractivity contribution in [2.45, 2.75) is 13.0 Å². The number of methoxy groups -OCH3 is 1. The lowest BCUT2D eigenvalue weighted by molar-refractivity contribution is -0.120. The number of halogens is 2. The fourth-order valence-corrected chi connectivity index (χ4v) is 3.35. The molecule has 0 spiro atoms. The molecular formula is C23H20Br2N2O3. The number of carbonyl (C=O) groups excluding carboxylic acids is 1. The van der Waals surface area contributed by atoms with Gasteiger partial charge < -0.3 is 9.47 Å². The zero-order chi connectivity index (χ0) is 21.3. The lowest BCUT2D eigenvalue weighted by atomic mass is 10.1. The van der Waals surface area contributed by atoms with Gasteiger partial charge in [0.15, 0.2) is 11.5 Å². The van der Waals surface area contributed by atoms with Crippen LogP contribution >= 0.6 is 31.9 Å². The predicted molar refractivity (Wildman–Crippen MR) is 125 cm³/mol. The summed E-state index contributed by atoms with van der Waals surface area (Å²) >= 11 is 6.94. The molecule has 0 heterocycles. The highest BCUT2D eigenvalue weighted by Gasteiger charge is 2.10. The van der Waals surface area contributed by atoms with Crippen LogP contribution in [0.15, 0.2) is 80.8 Å². The summed E-state index contributed by atoms with van der Waals surface area (Å²) in [5.74, 6) is 1.000. The molecule has 5 nitrogen and oxygen atoms in total. The molecule has 1 amide bonds. The predicted octanol–water partition coefficient (Wildman–Crippen LogP) is 5.49. The normalized spacial score (nSPS) is 10.8. The summed E-state index contributed by atoms with van der Waals surface area (Å²) in [6.45, 7) is 0.416. The Bertz CT molecular complexity index is 1020. The van der Waals surface area contributed by atoms with E-state index in [0.29, 0.717) is 18.1 Å². The Kier molecular flexibility index (Phi) is 8.04. The quantitative estimate of drug-likeness (QED) is 0.309. The van der Waals surface area contributed by atoms with Gasteiger partial charge in [0.1, 0.15) is 6.61 Å². The molecule has 0 saturated carbocycles. The third-order valence-electron chi connectivity index (χ3n) is 4.19. The van der Waals surface area contributed by atoms with E-state index in [9.17, 15) is 4.79 Å². The molecule has 3 rings (SSSR count). The van der Waals surface area contributed by atoms with Crippen molar-refractivity contribution < 1.29 is 14.3 Å². The average Bonchev–Trinajstić information content (AvgIpc) is 2.75. The van der Waals surface area contributed by atoms with Crippen molar-refractivity contribution in [1.29, 1.82) is 0 Å². The van der Waals surface area contributed by atoms with Gasteiger partial charge in [0.2, 0.25) is 5.91 Å². The van der Waals surface area contributed by atoms with Gasteiger partial charge in [0.25, 0.3) is 0 Å². The number of nitrogens with one attached hydrogen (secondary N) is 1. The first-order valence-corrected chi connectivity index (χ1v) is 10.7. The minimum absolute atomic E-state index is 0.185. The molecular weight excluding hydrogens is 512 g/mol. The number of ether oxygens (including phenoxy) is 2. The van der Waals surface area contributed by atoms with Gasteiger partial charge in [-0.25, -0.2) is 5.43 Å². The summed E-state index contributed by atoms with van der Waals surface area (Å²) in [5, 5.41) is 4.05. The second-order valence-electron chi connectivity index (χ2n) is 6.40. The molecule has 0 radical (unpaired) electrons. The van der Waals surface area contributed by atoms with E-state index in [2.05, 4.69) is 42.4 Å². The van der Waals surface area contributed by atoms with Crippen LogP contribution in [-0.4, -0.2) is 19.2 Å². The zero-order valence-electron chi connectivity index (χ0n) is 16.3. The van der Waals surface area contributed by atoms with Crippen LogP contribution in [0.2, 0.25) is 0 Å². The van der Waals surface area contributed by atoms with E-state index in [4.69, 9.17) is 9.47 Å². The van der Waals surface area contributed by atoms with Crippen molar-refractivity contribution in [2.75, 3.05) is 7.11 Å². The molecule has 7 heteroatoms. The van der Waals surface area contributed by atoms with Crippen LogP contribution in [0.5, 0.6) is 11.5 Å². The minimum Gasteiger partial charge on any atom is -0.493 e. The molecule has 0 atom stereocenters. The van der Waals surface area contributed by atoms with Crippen LogP contribution in [0, 0.1) is 0 Å². The van der Waals surface area contributed by atoms with E-state index in [1.165, 1.54) is 0 Å². The Morgan fingerprint density at radius 1 is 1.00 bits per heavy atom. The average molecular weight is 532 g/mol. The highest BCUT2D eigenvalue weighted by atomic mass is 79.9. The van der Waals surface area contributed by atoms with Crippen molar-refractivity contribution in [3.8, 4) is 11.5 Å². The van der Waals surface area contributed by atoms with E-state index in [-0.39, 0.29) is 12.3 Å². The first-order chi connectivity index (χ1) is 14.5. The van der Waals surface area contributed by atoms with Crippen LogP contribution < -0.4 is 14.9 Å². The molecule has 1 N–H and O–H groups in total. The van der Waals surface area contributed by atoms with Crippen LogP contribution in [-0.2, 0) is 17.8 Å². The molecule has 0 aliphatic heterocycles. The lowest BCUT2D eigenvalue weighted by Crippen LogP contribution is -2.19. The van der Waals surface area contributed by atoms with Crippen LogP contribution in [0.3, 0.4) is 0 Å². The Labute approximate surface area is 192 Å². The maximum absolute atomic E-state index is 12.0. The molecule has 0 saturated heterocycles. The number of hydrogen-bond donors (Lipinski definition) is 1. The van der Waals surface area contributed by atoms with Gasteiger partial charge in [-0.15, -0.1) is 0 Å². The summed E-state index contributed by atoms with van der Waals surface area (Å²) in [5.41, 5.74) is 5.27. The molecule has 30 heavy (non-hydrogen) atoms. The van der Waals surface area contributed by atoms with Crippen molar-refractivity contribution in [3.05, 3.63) is 92.4 Å². The molecule has 154 valence electrons. The monoisotopic (exact) mass is 530 g/mol. The first kappa shape index (κ1) is 22.1. The molecule has 0 unspecified atom stereocenters. The van der Waals surface area contributed by atoms with Gasteiger partial charge in [-0.2, -0.15) is 5.10 Å². The molecule has 3 aromatic carbocycles. The van der Waals surface area contributed by atoms with Crippen molar-refractivity contribution in [3.63, 3.8) is 0 Å². The number of rotatable bonds is 8. The summed E-state index contributed by atoms with van der Waals surface area (Å²) in [6, 6.07) is 21.1. The molecule has 0 aliphatic rings. The number of hydrazone groups is 1. The summed E-state index contributed by atoms with van der Waals surface area (Å²) in [6.07, 6.45) is 1.83. The number of carbonyl (C=O) groups is 1. The standard InChI is InChI=1S/C23H20Br2N2O3/c1-29-21-12-18(14-26-27-23(28)11-16-5-3-2-4-6-16)20(25)13-22(21)30-15-17-7-9-19(24)10-8-17/h2-10,12-14H,11,15H2,1H3,(H,27,28)/b26-14-. The number of hydrogen-bond acceptors (Lipinski definition) is 4. The number of amides is 1. The van der Waals surface area contributed by atoms with Gasteiger partial charge >= 0.3 is 0 Å². The smallest absolute Gasteiger partial charge is 0.244 e. The Morgan fingerprint density at radius 2 is 1.73 bits per heavy atom. The Hall–Kier alpha value is -2.64. The molecule has 0 aromatic heterocycles. The maximum Gasteiger partial charge on any atom is 0.244 e. The van der Waals surface area contributed by atoms with Gasteiger partial charge in [0.05, 0.1) is 19.7 Å². The van der Waals surface area contributed by atoms with Gasteiger partial charge in [0, 0.05) is 14.5 Å². The van der Waals surface area contributed by atoms with Crippen molar-refractivity contribution >= 4 is 44.0 Å². The van der Waals surface area contributed by atoms with E-state index in [1.807, 2.05) is 60.7 Å². The Morgan fingerprint density at radius 3 is 2.43 bits per heavy atom. The molecule has 0 bridgehead atoms. The Balaban J connectivity index is 1.63. The number of benzene rings is 3. The fraction of sp³-hybridized carbons (Fsp3) is 0.130. The van der Waals surface area contributed by atoms with Crippen LogP contribution in [0.25, 0.3) is 0 Å². The zero-order valence-corrected chi connectivity index (χ0v) is 19.4. The number of nitrogens with zero attached hydrogens (tertiary/aromatic N) is 1.